The first-order valence-corrected chi connectivity index (χ1v) is 6.14. The van der Waals surface area contributed by atoms with Gasteiger partial charge in [-0.1, -0.05) is 32.4 Å². The molecule has 0 radical (unpaired) electrons. The van der Waals surface area contributed by atoms with E-state index in [2.05, 4.69) is 4.98 Å². The predicted molar refractivity (Wildman–Crippen MR) is 72.5 cm³/mol. The quantitative estimate of drug-likeness (QED) is 0.864. The van der Waals surface area contributed by atoms with Crippen LogP contribution in [-0.4, -0.2) is 40.5 Å². The molecule has 0 aliphatic carbocycles. The fourth-order valence-electron chi connectivity index (χ4n) is 1.50. The summed E-state index contributed by atoms with van der Waals surface area (Å²) >= 11 is 5.91. The monoisotopic (exact) mass is 284 g/mol. The van der Waals surface area contributed by atoms with Gasteiger partial charge in [0, 0.05) is 23.7 Å². The van der Waals surface area contributed by atoms with Crippen molar-refractivity contribution in [3.8, 4) is 0 Å². The Hall–Kier alpha value is -1.62. The molecular weight excluding hydrogens is 268 g/mol. The Bertz CT molecular complexity index is 509. The van der Waals surface area contributed by atoms with E-state index in [0.717, 1.165) is 4.90 Å². The molecule has 1 heterocycles. The molecule has 19 heavy (non-hydrogen) atoms. The van der Waals surface area contributed by atoms with Gasteiger partial charge in [0.25, 0.3) is 5.91 Å². The zero-order chi connectivity index (χ0) is 14.8. The molecule has 0 atom stereocenters. The van der Waals surface area contributed by atoms with E-state index < -0.39 is 11.9 Å². The van der Waals surface area contributed by atoms with E-state index in [-0.39, 0.29) is 17.1 Å². The Morgan fingerprint density at radius 3 is 2.42 bits per heavy atom. The van der Waals surface area contributed by atoms with Gasteiger partial charge >= 0.3 is 5.97 Å². The van der Waals surface area contributed by atoms with Gasteiger partial charge in [-0.25, -0.2) is 4.98 Å². The lowest BCUT2D eigenvalue weighted by atomic mass is 9.91. The summed E-state index contributed by atoms with van der Waals surface area (Å²) in [7, 11) is 1.43. The molecule has 1 N–H and O–H groups in total. The third-order valence-electron chi connectivity index (χ3n) is 2.53. The number of carboxylic acid groups (broad SMARTS) is 1. The van der Waals surface area contributed by atoms with Crippen molar-refractivity contribution in [1.82, 2.24) is 9.88 Å². The first kappa shape index (κ1) is 15.4. The summed E-state index contributed by atoms with van der Waals surface area (Å²) in [5, 5.41) is 8.91. The molecule has 0 spiro atoms. The van der Waals surface area contributed by atoms with Gasteiger partial charge in [0.15, 0.2) is 0 Å². The summed E-state index contributed by atoms with van der Waals surface area (Å²) in [5.74, 6) is -1.45. The van der Waals surface area contributed by atoms with Gasteiger partial charge in [-0.3, -0.25) is 9.59 Å². The van der Waals surface area contributed by atoms with Crippen LogP contribution in [0.15, 0.2) is 12.1 Å². The lowest BCUT2D eigenvalue weighted by molar-refractivity contribution is -0.137. The maximum absolute atomic E-state index is 12.1. The summed E-state index contributed by atoms with van der Waals surface area (Å²) < 4.78 is 0. The van der Waals surface area contributed by atoms with Crippen molar-refractivity contribution in [1.29, 1.82) is 0 Å². The first-order chi connectivity index (χ1) is 8.61. The van der Waals surface area contributed by atoms with E-state index in [0.29, 0.717) is 11.3 Å². The number of aromatic nitrogens is 1. The summed E-state index contributed by atoms with van der Waals surface area (Å²) in [5.41, 5.74) is 0.784. The predicted octanol–water partition coefficient (Wildman–Crippen LogP) is 2.19. The molecule has 1 rings (SSSR count). The minimum absolute atomic E-state index is 0.222. The largest absolute Gasteiger partial charge is 0.480 e. The van der Waals surface area contributed by atoms with Crippen LogP contribution in [0.3, 0.4) is 0 Å². The second-order valence-corrected chi connectivity index (χ2v) is 5.76. The minimum atomic E-state index is -1.06. The molecule has 1 amide bonds. The molecule has 0 saturated heterocycles. The van der Waals surface area contributed by atoms with Crippen LogP contribution in [-0.2, 0) is 10.2 Å². The molecule has 0 fully saturated rings. The third-order valence-corrected chi connectivity index (χ3v) is 2.72. The van der Waals surface area contributed by atoms with Crippen molar-refractivity contribution in [2.45, 2.75) is 26.2 Å². The van der Waals surface area contributed by atoms with Crippen molar-refractivity contribution < 1.29 is 14.7 Å². The Kier molecular flexibility index (Phi) is 4.52. The molecule has 0 aliphatic heterocycles. The number of hydrogen-bond acceptors (Lipinski definition) is 3. The maximum atomic E-state index is 12.1. The third kappa shape index (κ3) is 4.21. The number of hydrogen-bond donors (Lipinski definition) is 1. The van der Waals surface area contributed by atoms with Crippen LogP contribution in [0, 0.1) is 0 Å². The second kappa shape index (κ2) is 5.57. The number of nitrogens with zero attached hydrogens (tertiary/aromatic N) is 2. The van der Waals surface area contributed by atoms with Crippen LogP contribution in [0.1, 0.15) is 36.8 Å². The number of carboxylic acids is 1. The van der Waals surface area contributed by atoms with Crippen molar-refractivity contribution in [3.63, 3.8) is 0 Å². The maximum Gasteiger partial charge on any atom is 0.323 e. The highest BCUT2D eigenvalue weighted by molar-refractivity contribution is 6.29. The van der Waals surface area contributed by atoms with Gasteiger partial charge in [-0.05, 0) is 12.1 Å². The number of carbonyl (C=O) groups is 2. The van der Waals surface area contributed by atoms with E-state index in [1.54, 1.807) is 6.07 Å². The van der Waals surface area contributed by atoms with Gasteiger partial charge in [0.1, 0.15) is 11.7 Å². The van der Waals surface area contributed by atoms with Gasteiger partial charge in [0.2, 0.25) is 0 Å². The van der Waals surface area contributed by atoms with E-state index in [4.69, 9.17) is 16.7 Å². The number of rotatable bonds is 3. The average Bonchev–Trinajstić information content (AvgIpc) is 2.25. The number of carbonyl (C=O) groups excluding carboxylic acids is 1. The Labute approximate surface area is 117 Å². The highest BCUT2D eigenvalue weighted by Crippen LogP contribution is 2.23. The van der Waals surface area contributed by atoms with Gasteiger partial charge in [-0.15, -0.1) is 0 Å². The number of aliphatic carboxylic acids is 1. The van der Waals surface area contributed by atoms with Crippen LogP contribution in [0.25, 0.3) is 0 Å². The lowest BCUT2D eigenvalue weighted by Crippen LogP contribution is -2.32. The molecule has 0 aromatic carbocycles. The van der Waals surface area contributed by atoms with E-state index in [1.807, 2.05) is 20.8 Å². The van der Waals surface area contributed by atoms with Gasteiger partial charge in [0.05, 0.1) is 0 Å². The van der Waals surface area contributed by atoms with Crippen LogP contribution < -0.4 is 0 Å². The highest BCUT2D eigenvalue weighted by atomic mass is 35.5. The molecule has 1 aromatic rings. The van der Waals surface area contributed by atoms with Crippen LogP contribution in [0.2, 0.25) is 5.15 Å². The topological polar surface area (TPSA) is 70.5 Å². The molecule has 0 aliphatic rings. The normalized spacial score (nSPS) is 11.2. The Morgan fingerprint density at radius 2 is 1.95 bits per heavy atom. The highest BCUT2D eigenvalue weighted by Gasteiger charge is 2.21. The van der Waals surface area contributed by atoms with Crippen molar-refractivity contribution >= 4 is 23.5 Å². The molecule has 104 valence electrons. The van der Waals surface area contributed by atoms with E-state index in [9.17, 15) is 9.59 Å². The minimum Gasteiger partial charge on any atom is -0.480 e. The molecule has 1 aromatic heterocycles. The van der Waals surface area contributed by atoms with Crippen molar-refractivity contribution in [2.24, 2.45) is 0 Å². The van der Waals surface area contributed by atoms with Crippen LogP contribution in [0.4, 0.5) is 0 Å². The second-order valence-electron chi connectivity index (χ2n) is 5.37. The molecule has 5 nitrogen and oxygen atoms in total. The van der Waals surface area contributed by atoms with Gasteiger partial charge < -0.3 is 10.0 Å². The van der Waals surface area contributed by atoms with Crippen molar-refractivity contribution in [3.05, 3.63) is 28.5 Å². The molecule has 6 heteroatoms. The number of amides is 1. The summed E-state index contributed by atoms with van der Waals surface area (Å²) in [6.07, 6.45) is 0. The van der Waals surface area contributed by atoms with Crippen LogP contribution >= 0.6 is 11.6 Å². The van der Waals surface area contributed by atoms with E-state index >= 15 is 0 Å². The summed E-state index contributed by atoms with van der Waals surface area (Å²) in [4.78, 5) is 28.0. The number of halogens is 1. The molecule has 0 unspecified atom stereocenters. The molecule has 0 saturated carbocycles. The van der Waals surface area contributed by atoms with Crippen LogP contribution in [0.5, 0.6) is 0 Å². The first-order valence-electron chi connectivity index (χ1n) is 5.76. The number of pyridine rings is 1. The fourth-order valence-corrected chi connectivity index (χ4v) is 1.71. The fraction of sp³-hybridized carbons (Fsp3) is 0.462. The van der Waals surface area contributed by atoms with E-state index in [1.165, 1.54) is 13.1 Å². The standard InChI is InChI=1S/C13H17ClN2O3/c1-13(2,3)9-5-8(6-10(14)15-9)12(19)16(4)7-11(17)18/h5-6H,7H2,1-4H3,(H,17,18). The average molecular weight is 285 g/mol. The summed E-state index contributed by atoms with van der Waals surface area (Å²) in [6.45, 7) is 5.52. The summed E-state index contributed by atoms with van der Waals surface area (Å²) in [6, 6.07) is 3.09. The number of likely N-dealkylation sites (N-methyl/N-ethyl adjacent to an activating group) is 1. The lowest BCUT2D eigenvalue weighted by Gasteiger charge is -2.20. The smallest absolute Gasteiger partial charge is 0.323 e. The molecular formula is C13H17ClN2O3. The molecule has 0 bridgehead atoms. The SMILES string of the molecule is CN(CC(=O)O)C(=O)c1cc(Cl)nc(C(C)(C)C)c1. The zero-order valence-electron chi connectivity index (χ0n) is 11.4. The van der Waals surface area contributed by atoms with Crippen molar-refractivity contribution in [2.75, 3.05) is 13.6 Å². The Balaban J connectivity index is 3.10. The zero-order valence-corrected chi connectivity index (χ0v) is 12.2. The van der Waals surface area contributed by atoms with Gasteiger partial charge in [-0.2, -0.15) is 0 Å². The Morgan fingerprint density at radius 1 is 1.37 bits per heavy atom.